The Morgan fingerprint density at radius 2 is 1.78 bits per heavy atom. The lowest BCUT2D eigenvalue weighted by molar-refractivity contribution is 0.0234. The van der Waals surface area contributed by atoms with Gasteiger partial charge in [-0.3, -0.25) is 4.79 Å². The van der Waals surface area contributed by atoms with Crippen molar-refractivity contribution < 1.29 is 18.7 Å². The van der Waals surface area contributed by atoms with Crippen molar-refractivity contribution in [3.8, 4) is 0 Å². The maximum Gasteiger partial charge on any atom is 0.254 e. The molecule has 2 aromatic carbocycles. The highest BCUT2D eigenvalue weighted by molar-refractivity contribution is 5.94. The van der Waals surface area contributed by atoms with Crippen LogP contribution in [0.5, 0.6) is 0 Å². The fourth-order valence-corrected chi connectivity index (χ4v) is 2.93. The second kappa shape index (κ2) is 6.46. The highest BCUT2D eigenvalue weighted by atomic mass is 19.2. The topological polar surface area (TPSA) is 49.3 Å². The molecule has 1 amide bonds. The number of nitrogens with one attached hydrogen (secondary N) is 1. The van der Waals surface area contributed by atoms with Gasteiger partial charge in [0.15, 0.2) is 11.6 Å². The number of halogens is 2. The molecule has 23 heavy (non-hydrogen) atoms. The summed E-state index contributed by atoms with van der Waals surface area (Å²) in [4.78, 5) is 12.3. The molecule has 1 fully saturated rings. The van der Waals surface area contributed by atoms with Gasteiger partial charge in [0.05, 0.1) is 17.7 Å². The first kappa shape index (κ1) is 15.6. The van der Waals surface area contributed by atoms with Crippen LogP contribution in [0.2, 0.25) is 0 Å². The maximum atomic E-state index is 13.8. The first-order valence-corrected chi connectivity index (χ1v) is 7.54. The fraction of sp³-hybridized carbons (Fsp3) is 0.278. The lowest BCUT2D eigenvalue weighted by Crippen LogP contribution is -2.41. The Hall–Kier alpha value is -2.27. The van der Waals surface area contributed by atoms with Gasteiger partial charge in [0.2, 0.25) is 0 Å². The Morgan fingerprint density at radius 1 is 1.09 bits per heavy atom. The molecule has 120 valence electrons. The van der Waals surface area contributed by atoms with Crippen LogP contribution in [-0.4, -0.2) is 17.1 Å². The van der Waals surface area contributed by atoms with E-state index in [1.165, 1.54) is 12.1 Å². The molecule has 0 radical (unpaired) electrons. The van der Waals surface area contributed by atoms with E-state index < -0.39 is 17.5 Å². The third kappa shape index (κ3) is 3.24. The summed E-state index contributed by atoms with van der Waals surface area (Å²) in [6, 6.07) is 12.5. The van der Waals surface area contributed by atoms with Crippen molar-refractivity contribution in [2.24, 2.45) is 5.92 Å². The Balaban J connectivity index is 1.84. The number of carbonyl (C=O) groups is 1. The minimum atomic E-state index is -1.15. The van der Waals surface area contributed by atoms with E-state index in [1.807, 2.05) is 30.3 Å². The minimum absolute atomic E-state index is 0.0768. The van der Waals surface area contributed by atoms with E-state index in [-0.39, 0.29) is 23.6 Å². The van der Waals surface area contributed by atoms with Crippen molar-refractivity contribution in [3.63, 3.8) is 0 Å². The number of amides is 1. The second-order valence-corrected chi connectivity index (χ2v) is 5.85. The van der Waals surface area contributed by atoms with E-state index in [2.05, 4.69) is 5.32 Å². The Morgan fingerprint density at radius 3 is 2.43 bits per heavy atom. The van der Waals surface area contributed by atoms with Gasteiger partial charge < -0.3 is 10.4 Å². The summed E-state index contributed by atoms with van der Waals surface area (Å²) in [5, 5.41) is 12.3. The summed E-state index contributed by atoms with van der Waals surface area (Å²) in [5.41, 5.74) is 0.570. The molecule has 2 N–H and O–H groups in total. The molecule has 0 aromatic heterocycles. The number of carbonyl (C=O) groups excluding carboxylic acids is 1. The molecular weight excluding hydrogens is 300 g/mol. The summed E-state index contributed by atoms with van der Waals surface area (Å²) >= 11 is 0. The molecule has 3 rings (SSSR count). The van der Waals surface area contributed by atoms with E-state index in [9.17, 15) is 18.7 Å². The molecule has 0 heterocycles. The third-order valence-electron chi connectivity index (χ3n) is 4.26. The molecule has 1 aliphatic carbocycles. The number of aliphatic hydroxyl groups is 1. The van der Waals surface area contributed by atoms with Crippen molar-refractivity contribution in [2.45, 2.75) is 25.0 Å². The summed E-state index contributed by atoms with van der Waals surface area (Å²) in [7, 11) is 0. The summed E-state index contributed by atoms with van der Waals surface area (Å²) in [6.45, 7) is 0. The van der Waals surface area contributed by atoms with E-state index in [0.29, 0.717) is 12.8 Å². The van der Waals surface area contributed by atoms with Gasteiger partial charge in [-0.15, -0.1) is 0 Å². The molecule has 0 saturated heterocycles. The number of aliphatic hydroxyl groups excluding tert-OH is 1. The average molecular weight is 317 g/mol. The van der Waals surface area contributed by atoms with Crippen molar-refractivity contribution in [1.82, 2.24) is 5.32 Å². The van der Waals surface area contributed by atoms with Gasteiger partial charge in [0.1, 0.15) is 0 Å². The second-order valence-electron chi connectivity index (χ2n) is 5.85. The van der Waals surface area contributed by atoms with Crippen LogP contribution in [0.3, 0.4) is 0 Å². The average Bonchev–Trinajstić information content (AvgIpc) is 2.53. The zero-order valence-electron chi connectivity index (χ0n) is 12.4. The monoisotopic (exact) mass is 317 g/mol. The number of benzene rings is 2. The Kier molecular flexibility index (Phi) is 4.39. The zero-order chi connectivity index (χ0) is 16.4. The van der Waals surface area contributed by atoms with Gasteiger partial charge in [-0.2, -0.15) is 0 Å². The van der Waals surface area contributed by atoms with Crippen LogP contribution >= 0.6 is 0 Å². The number of rotatable bonds is 4. The molecule has 5 heteroatoms. The largest absolute Gasteiger partial charge is 0.393 e. The molecule has 0 bridgehead atoms. The first-order chi connectivity index (χ1) is 11.1. The summed E-state index contributed by atoms with van der Waals surface area (Å²) in [6.07, 6.45) is 0.783. The SMILES string of the molecule is O=C(N[C@@H](c1ccccc1)C1CC(O)C1)c1cccc(F)c1F. The van der Waals surface area contributed by atoms with Crippen LogP contribution in [0, 0.1) is 17.6 Å². The van der Waals surface area contributed by atoms with Gasteiger partial charge >= 0.3 is 0 Å². The zero-order valence-corrected chi connectivity index (χ0v) is 12.4. The van der Waals surface area contributed by atoms with E-state index in [0.717, 1.165) is 11.6 Å². The van der Waals surface area contributed by atoms with E-state index in [4.69, 9.17) is 0 Å². The predicted octanol–water partition coefficient (Wildman–Crippen LogP) is 3.21. The van der Waals surface area contributed by atoms with Gasteiger partial charge in [0.25, 0.3) is 5.91 Å². The molecule has 2 aromatic rings. The molecule has 0 aliphatic heterocycles. The molecule has 1 aliphatic rings. The van der Waals surface area contributed by atoms with Crippen molar-refractivity contribution in [2.75, 3.05) is 0 Å². The number of hydrogen-bond acceptors (Lipinski definition) is 2. The van der Waals surface area contributed by atoms with Crippen molar-refractivity contribution in [1.29, 1.82) is 0 Å². The van der Waals surface area contributed by atoms with Gasteiger partial charge in [-0.1, -0.05) is 36.4 Å². The van der Waals surface area contributed by atoms with Gasteiger partial charge in [-0.05, 0) is 36.5 Å². The van der Waals surface area contributed by atoms with Gasteiger partial charge in [0, 0.05) is 0 Å². The van der Waals surface area contributed by atoms with Crippen LogP contribution in [0.25, 0.3) is 0 Å². The highest BCUT2D eigenvalue weighted by Gasteiger charge is 2.36. The van der Waals surface area contributed by atoms with Crippen molar-refractivity contribution in [3.05, 3.63) is 71.3 Å². The molecule has 1 saturated carbocycles. The summed E-state index contributed by atoms with van der Waals surface area (Å²) in [5.74, 6) is -2.77. The molecular formula is C18H17F2NO2. The minimum Gasteiger partial charge on any atom is -0.393 e. The molecule has 0 spiro atoms. The smallest absolute Gasteiger partial charge is 0.254 e. The van der Waals surface area contributed by atoms with Crippen LogP contribution in [0.1, 0.15) is 34.8 Å². The molecule has 1 atom stereocenters. The molecule has 3 nitrogen and oxygen atoms in total. The Labute approximate surface area is 133 Å². The van der Waals surface area contributed by atoms with Crippen LogP contribution in [0.15, 0.2) is 48.5 Å². The molecule has 0 unspecified atom stereocenters. The fourth-order valence-electron chi connectivity index (χ4n) is 2.93. The quantitative estimate of drug-likeness (QED) is 0.910. The Bertz CT molecular complexity index is 699. The maximum absolute atomic E-state index is 13.8. The first-order valence-electron chi connectivity index (χ1n) is 7.54. The lowest BCUT2D eigenvalue weighted by Gasteiger charge is -2.38. The van der Waals surface area contributed by atoms with E-state index >= 15 is 0 Å². The third-order valence-corrected chi connectivity index (χ3v) is 4.26. The van der Waals surface area contributed by atoms with Crippen LogP contribution in [0.4, 0.5) is 8.78 Å². The summed E-state index contributed by atoms with van der Waals surface area (Å²) < 4.78 is 27.1. The number of hydrogen-bond donors (Lipinski definition) is 2. The van der Waals surface area contributed by atoms with Crippen LogP contribution < -0.4 is 5.32 Å². The normalized spacial score (nSPS) is 21.3. The van der Waals surface area contributed by atoms with Crippen molar-refractivity contribution >= 4 is 5.91 Å². The van der Waals surface area contributed by atoms with Gasteiger partial charge in [-0.25, -0.2) is 8.78 Å². The van der Waals surface area contributed by atoms with E-state index in [1.54, 1.807) is 0 Å². The highest BCUT2D eigenvalue weighted by Crippen LogP contribution is 2.38. The lowest BCUT2D eigenvalue weighted by atomic mass is 9.75. The van der Waals surface area contributed by atoms with Crippen LogP contribution in [-0.2, 0) is 0 Å². The predicted molar refractivity (Wildman–Crippen MR) is 81.7 cm³/mol. The standard InChI is InChI=1S/C18H17F2NO2/c19-15-8-4-7-14(16(15)20)18(23)21-17(12-9-13(22)10-12)11-5-2-1-3-6-11/h1-8,12-13,17,22H,9-10H2,(H,21,23)/t12?,13?,17-/m0/s1.